The summed E-state index contributed by atoms with van der Waals surface area (Å²) < 4.78 is 15.5. The maximum absolute atomic E-state index is 13.4. The summed E-state index contributed by atoms with van der Waals surface area (Å²) in [7, 11) is 0. The second-order valence-electron chi connectivity index (χ2n) is 6.48. The number of aromatic nitrogens is 3. The average Bonchev–Trinajstić information content (AvgIpc) is 3.05. The lowest BCUT2D eigenvalue weighted by atomic mass is 10.0. The standard InChI is InChI=1S/C23H15FN3/c1-15-26-22-14-25-21-12-7-17(16-5-3-2-4-6-16)13-20(21)23(22)27(15)19-10-8-18(24)9-11-19/h3-14H,1H3. The number of halogens is 1. The van der Waals surface area contributed by atoms with E-state index in [9.17, 15) is 4.39 Å². The van der Waals surface area contributed by atoms with Crippen LogP contribution in [0.1, 0.15) is 5.82 Å². The molecule has 0 bridgehead atoms. The van der Waals surface area contributed by atoms with E-state index in [4.69, 9.17) is 0 Å². The summed E-state index contributed by atoms with van der Waals surface area (Å²) in [5.41, 5.74) is 5.81. The van der Waals surface area contributed by atoms with Gasteiger partial charge in [-0.2, -0.15) is 0 Å². The number of hydrogen-bond donors (Lipinski definition) is 0. The largest absolute Gasteiger partial charge is 0.296 e. The molecule has 2 heterocycles. The van der Waals surface area contributed by atoms with Gasteiger partial charge in [0.05, 0.1) is 17.2 Å². The smallest absolute Gasteiger partial charge is 0.123 e. The van der Waals surface area contributed by atoms with Crippen molar-refractivity contribution in [1.82, 2.24) is 14.5 Å². The summed E-state index contributed by atoms with van der Waals surface area (Å²) in [5.74, 6) is 0.584. The predicted molar refractivity (Wildman–Crippen MR) is 105 cm³/mol. The van der Waals surface area contributed by atoms with Crippen molar-refractivity contribution in [3.63, 3.8) is 0 Å². The van der Waals surface area contributed by atoms with Gasteiger partial charge in [-0.15, -0.1) is 0 Å². The molecule has 0 aliphatic carbocycles. The molecule has 0 amide bonds. The van der Waals surface area contributed by atoms with E-state index in [2.05, 4.69) is 32.7 Å². The lowest BCUT2D eigenvalue weighted by molar-refractivity contribution is 0.627. The van der Waals surface area contributed by atoms with Crippen LogP contribution in [0.15, 0.2) is 72.9 Å². The fourth-order valence-electron chi connectivity index (χ4n) is 3.54. The van der Waals surface area contributed by atoms with Gasteiger partial charge in [0.1, 0.15) is 17.2 Å². The lowest BCUT2D eigenvalue weighted by Gasteiger charge is -2.10. The van der Waals surface area contributed by atoms with E-state index in [1.54, 1.807) is 18.3 Å². The zero-order valence-corrected chi connectivity index (χ0v) is 14.6. The van der Waals surface area contributed by atoms with Crippen molar-refractivity contribution < 1.29 is 4.39 Å². The summed E-state index contributed by atoms with van der Waals surface area (Å²) in [6.07, 6.45) is 1.79. The minimum Gasteiger partial charge on any atom is -0.296 e. The van der Waals surface area contributed by atoms with Crippen LogP contribution in [0, 0.1) is 18.8 Å². The molecule has 4 heteroatoms. The Balaban J connectivity index is 1.84. The Labute approximate surface area is 155 Å². The third kappa shape index (κ3) is 2.57. The number of fused-ring (bicyclic) bond motifs is 3. The van der Waals surface area contributed by atoms with Gasteiger partial charge in [-0.1, -0.05) is 30.3 Å². The monoisotopic (exact) mass is 352 g/mol. The van der Waals surface area contributed by atoms with Crippen LogP contribution >= 0.6 is 0 Å². The molecule has 3 nitrogen and oxygen atoms in total. The Hall–Kier alpha value is -3.53. The number of rotatable bonds is 2. The molecule has 5 rings (SSSR count). The Morgan fingerprint density at radius 2 is 1.67 bits per heavy atom. The molecule has 0 atom stereocenters. The van der Waals surface area contributed by atoms with Gasteiger partial charge in [0.25, 0.3) is 0 Å². The molecule has 0 N–H and O–H groups in total. The first-order valence-corrected chi connectivity index (χ1v) is 8.71. The Morgan fingerprint density at radius 1 is 0.889 bits per heavy atom. The maximum Gasteiger partial charge on any atom is 0.123 e. The van der Waals surface area contributed by atoms with Crippen molar-refractivity contribution >= 4 is 21.9 Å². The van der Waals surface area contributed by atoms with Crippen molar-refractivity contribution in [3.05, 3.63) is 90.6 Å². The minimum absolute atomic E-state index is 0.254. The van der Waals surface area contributed by atoms with E-state index in [1.165, 1.54) is 12.1 Å². The normalized spacial score (nSPS) is 11.3. The van der Waals surface area contributed by atoms with Gasteiger partial charge < -0.3 is 0 Å². The Kier molecular flexibility index (Phi) is 3.50. The maximum atomic E-state index is 13.4. The zero-order valence-electron chi connectivity index (χ0n) is 14.6. The van der Waals surface area contributed by atoms with Crippen LogP contribution in [0.5, 0.6) is 0 Å². The highest BCUT2D eigenvalue weighted by Gasteiger charge is 2.14. The lowest BCUT2D eigenvalue weighted by Crippen LogP contribution is -1.97. The Bertz CT molecular complexity index is 1270. The van der Waals surface area contributed by atoms with Gasteiger partial charge >= 0.3 is 0 Å². The second-order valence-corrected chi connectivity index (χ2v) is 6.48. The van der Waals surface area contributed by atoms with Crippen molar-refractivity contribution in [2.24, 2.45) is 0 Å². The molecule has 0 spiro atoms. The van der Waals surface area contributed by atoms with Crippen LogP contribution < -0.4 is 0 Å². The summed E-state index contributed by atoms with van der Waals surface area (Å²) >= 11 is 0. The van der Waals surface area contributed by atoms with Gasteiger partial charge in [0, 0.05) is 11.1 Å². The van der Waals surface area contributed by atoms with Crippen LogP contribution in [0.3, 0.4) is 0 Å². The predicted octanol–water partition coefficient (Wildman–Crippen LogP) is 5.49. The second kappa shape index (κ2) is 6.02. The molecule has 0 saturated heterocycles. The van der Waals surface area contributed by atoms with Gasteiger partial charge in [-0.3, -0.25) is 9.55 Å². The molecule has 0 aliphatic rings. The van der Waals surface area contributed by atoms with Crippen LogP contribution in [-0.2, 0) is 0 Å². The van der Waals surface area contributed by atoms with E-state index in [0.29, 0.717) is 0 Å². The number of nitrogens with zero attached hydrogens (tertiary/aromatic N) is 3. The molecule has 27 heavy (non-hydrogen) atoms. The number of imidazole rings is 1. The summed E-state index contributed by atoms with van der Waals surface area (Å²) in [4.78, 5) is 9.23. The Morgan fingerprint density at radius 3 is 2.44 bits per heavy atom. The fraction of sp³-hybridized carbons (Fsp3) is 0.0435. The fourth-order valence-corrected chi connectivity index (χ4v) is 3.54. The topological polar surface area (TPSA) is 30.7 Å². The van der Waals surface area contributed by atoms with E-state index in [-0.39, 0.29) is 5.82 Å². The average molecular weight is 352 g/mol. The van der Waals surface area contributed by atoms with Gasteiger partial charge in [-0.25, -0.2) is 9.37 Å². The van der Waals surface area contributed by atoms with Crippen LogP contribution in [0.2, 0.25) is 0 Å². The number of pyridine rings is 1. The molecule has 0 unspecified atom stereocenters. The van der Waals surface area contributed by atoms with Crippen LogP contribution in [-0.4, -0.2) is 14.5 Å². The molecule has 129 valence electrons. The van der Waals surface area contributed by atoms with Crippen molar-refractivity contribution in [3.8, 4) is 16.8 Å². The highest BCUT2D eigenvalue weighted by molar-refractivity contribution is 6.04. The molecule has 5 aromatic rings. The third-order valence-corrected chi connectivity index (χ3v) is 4.79. The number of aryl methyl sites for hydroxylation is 1. The van der Waals surface area contributed by atoms with E-state index < -0.39 is 0 Å². The number of hydrogen-bond acceptors (Lipinski definition) is 2. The van der Waals surface area contributed by atoms with Crippen LogP contribution in [0.4, 0.5) is 4.39 Å². The molecular weight excluding hydrogens is 337 g/mol. The summed E-state index contributed by atoms with van der Waals surface area (Å²) in [6, 6.07) is 23.7. The van der Waals surface area contributed by atoms with Gasteiger partial charge in [-0.05, 0) is 60.5 Å². The molecule has 0 fully saturated rings. The molecule has 1 radical (unpaired) electrons. The first-order valence-electron chi connectivity index (χ1n) is 8.71. The zero-order chi connectivity index (χ0) is 18.4. The summed E-state index contributed by atoms with van der Waals surface area (Å²) in [5, 5.41) is 1.02. The quantitative estimate of drug-likeness (QED) is 0.421. The van der Waals surface area contributed by atoms with E-state index in [1.807, 2.05) is 37.3 Å². The summed E-state index contributed by atoms with van der Waals surface area (Å²) in [6.45, 7) is 1.95. The molecule has 2 aromatic heterocycles. The highest BCUT2D eigenvalue weighted by atomic mass is 19.1. The van der Waals surface area contributed by atoms with Crippen molar-refractivity contribution in [2.45, 2.75) is 6.92 Å². The molecule has 0 saturated carbocycles. The van der Waals surface area contributed by atoms with Crippen LogP contribution in [0.25, 0.3) is 38.8 Å². The van der Waals surface area contributed by atoms with Crippen molar-refractivity contribution in [1.29, 1.82) is 0 Å². The minimum atomic E-state index is -0.254. The van der Waals surface area contributed by atoms with E-state index in [0.717, 1.165) is 44.6 Å². The first kappa shape index (κ1) is 15.7. The SMILES string of the molecule is Cc1nc2cnc3ccc(-c4cc[c]cc4)cc3c2n1-c1ccc(F)cc1. The molecule has 3 aromatic carbocycles. The number of benzene rings is 3. The van der Waals surface area contributed by atoms with Gasteiger partial charge in [0.15, 0.2) is 0 Å². The molecule has 0 aliphatic heterocycles. The first-order chi connectivity index (χ1) is 13.2. The molecular formula is C23H15FN3. The van der Waals surface area contributed by atoms with Gasteiger partial charge in [0.2, 0.25) is 0 Å². The third-order valence-electron chi connectivity index (χ3n) is 4.79. The highest BCUT2D eigenvalue weighted by Crippen LogP contribution is 2.31. The van der Waals surface area contributed by atoms with Crippen molar-refractivity contribution in [2.75, 3.05) is 0 Å². The van der Waals surface area contributed by atoms with E-state index >= 15 is 0 Å².